The average molecular weight is 717 g/mol. The van der Waals surface area contributed by atoms with Crippen LogP contribution in [0.3, 0.4) is 0 Å². The van der Waals surface area contributed by atoms with E-state index < -0.39 is 0 Å². The highest BCUT2D eigenvalue weighted by molar-refractivity contribution is 6.71. The molecule has 0 aliphatic heterocycles. The first kappa shape index (κ1) is 35.5. The van der Waals surface area contributed by atoms with Gasteiger partial charge in [-0.25, -0.2) is 0 Å². The van der Waals surface area contributed by atoms with Gasteiger partial charge in [-0.15, -0.1) is 21.9 Å². The van der Waals surface area contributed by atoms with Crippen LogP contribution in [-0.4, -0.2) is 62.8 Å². The third-order valence-corrected chi connectivity index (χ3v) is 13.4. The van der Waals surface area contributed by atoms with Crippen LogP contribution in [0.1, 0.15) is 0 Å². The highest BCUT2D eigenvalue weighted by Gasteiger charge is 2.26. The van der Waals surface area contributed by atoms with Gasteiger partial charge >= 0.3 is 0 Å². The quantitative estimate of drug-likeness (QED) is 0.182. The fourth-order valence-corrected chi connectivity index (χ4v) is 9.69. The molecule has 260 valence electrons. The average Bonchev–Trinajstić information content (AvgIpc) is 3.61. The lowest BCUT2D eigenvalue weighted by molar-refractivity contribution is 0.669. The van der Waals surface area contributed by atoms with Gasteiger partial charge in [-0.2, -0.15) is 0 Å². The molecule has 0 aliphatic carbocycles. The topological polar surface area (TPSA) is 13.1 Å². The molecular weight excluding hydrogens is 679 g/mol. The van der Waals surface area contributed by atoms with Crippen LogP contribution in [0.2, 0.25) is 0 Å². The maximum absolute atomic E-state index is 6.55. The van der Waals surface area contributed by atoms with Gasteiger partial charge in [-0.3, -0.25) is 0 Å². The van der Waals surface area contributed by atoms with E-state index >= 15 is 0 Å². The Morgan fingerprint density at radius 2 is 0.684 bits per heavy atom. The fraction of sp³-hybridized carbons (Fsp3) is 0. The molecular formula is C48H38B8O. The summed E-state index contributed by atoms with van der Waals surface area (Å²) >= 11 is 0. The van der Waals surface area contributed by atoms with Gasteiger partial charge in [0.2, 0.25) is 0 Å². The first-order valence-corrected chi connectivity index (χ1v) is 20.2. The SMILES string of the molecule is Bc1c(B)c(B)c2c(-c3ccc4oc5cc6ccccc6cc5c4c3)c3c(B)c(B)c(B)c(B)c3c(-c3cc(-c4ccccc4)cc(-c4ccccc4)c3)c2c1B. The monoisotopic (exact) mass is 718 g/mol. The molecule has 0 bridgehead atoms. The first-order valence-electron chi connectivity index (χ1n) is 20.2. The Hall–Kier alpha value is -5.92. The van der Waals surface area contributed by atoms with E-state index in [0.717, 1.165) is 21.9 Å². The fourth-order valence-electron chi connectivity index (χ4n) is 9.69. The van der Waals surface area contributed by atoms with E-state index in [1.54, 1.807) is 0 Å². The van der Waals surface area contributed by atoms with Gasteiger partial charge in [-0.05, 0) is 119 Å². The molecule has 0 fully saturated rings. The Labute approximate surface area is 341 Å². The molecule has 0 saturated heterocycles. The number of rotatable bonds is 4. The molecule has 0 unspecified atom stereocenters. The molecule has 57 heavy (non-hydrogen) atoms. The van der Waals surface area contributed by atoms with Crippen molar-refractivity contribution in [1.82, 2.24) is 0 Å². The van der Waals surface area contributed by atoms with Gasteiger partial charge in [0.1, 0.15) is 73.9 Å². The van der Waals surface area contributed by atoms with Crippen LogP contribution in [0.5, 0.6) is 0 Å². The molecule has 9 aromatic carbocycles. The molecule has 10 aromatic rings. The van der Waals surface area contributed by atoms with Gasteiger partial charge in [0, 0.05) is 10.8 Å². The standard InChI is InChI=1S/C48H38B8O/c49-41-37-35(27-15-16-33-31(21-27)32-20-25-13-7-8-14-26(25)22-34(32)57-33)38-40(44(52)48(56)46(54)42(38)50)36(39(37)43(51)47(55)45(41)53)30-18-28(23-9-3-1-4-10-23)17-29(19-30)24-11-5-2-6-12-24/h1-22H,49-56H2. The Morgan fingerprint density at radius 1 is 0.281 bits per heavy atom. The normalized spacial score (nSPS) is 11.7. The molecule has 9 heteroatoms. The largest absolute Gasteiger partial charge is 0.456 e. The molecule has 1 heterocycles. The second-order valence-corrected chi connectivity index (χ2v) is 16.3. The zero-order chi connectivity index (χ0) is 39.3. The van der Waals surface area contributed by atoms with Crippen LogP contribution < -0.4 is 43.7 Å². The Balaban J connectivity index is 1.40. The molecule has 0 radical (unpaired) electrons. The Morgan fingerprint density at radius 3 is 1.18 bits per heavy atom. The summed E-state index contributed by atoms with van der Waals surface area (Å²) in [6, 6.07) is 48.9. The summed E-state index contributed by atoms with van der Waals surface area (Å²) in [5, 5.41) is 10.1. The molecule has 1 nitrogen and oxygen atoms in total. The zero-order valence-electron chi connectivity index (χ0n) is 34.1. The van der Waals surface area contributed by atoms with E-state index in [4.69, 9.17) is 4.42 Å². The van der Waals surface area contributed by atoms with Crippen molar-refractivity contribution in [1.29, 1.82) is 0 Å². The zero-order valence-corrected chi connectivity index (χ0v) is 34.1. The van der Waals surface area contributed by atoms with Crippen molar-refractivity contribution in [2.75, 3.05) is 0 Å². The summed E-state index contributed by atoms with van der Waals surface area (Å²) in [7, 11) is 18.6. The highest BCUT2D eigenvalue weighted by Crippen LogP contribution is 2.44. The third kappa shape index (κ3) is 5.43. The van der Waals surface area contributed by atoms with Gasteiger partial charge in [0.25, 0.3) is 0 Å². The minimum absolute atomic E-state index is 0.917. The molecule has 10 rings (SSSR count). The second-order valence-electron chi connectivity index (χ2n) is 16.3. The molecule has 1 aromatic heterocycles. The molecule has 0 aliphatic rings. The summed E-state index contributed by atoms with van der Waals surface area (Å²) in [6.45, 7) is 0. The summed E-state index contributed by atoms with van der Waals surface area (Å²) in [5.41, 5.74) is 22.6. The van der Waals surface area contributed by atoms with Crippen molar-refractivity contribution in [2.45, 2.75) is 0 Å². The maximum atomic E-state index is 6.55. The van der Waals surface area contributed by atoms with E-state index in [0.29, 0.717) is 0 Å². The lowest BCUT2D eigenvalue weighted by Gasteiger charge is -2.28. The van der Waals surface area contributed by atoms with Gasteiger partial charge in [-0.1, -0.05) is 113 Å². The van der Waals surface area contributed by atoms with Crippen molar-refractivity contribution in [3.8, 4) is 44.5 Å². The second kappa shape index (κ2) is 13.3. The van der Waals surface area contributed by atoms with Crippen molar-refractivity contribution >= 4 is 161 Å². The maximum Gasteiger partial charge on any atom is 0.139 e. The predicted molar refractivity (Wildman–Crippen MR) is 273 cm³/mol. The van der Waals surface area contributed by atoms with Crippen molar-refractivity contribution < 1.29 is 4.42 Å². The highest BCUT2D eigenvalue weighted by atomic mass is 16.3. The van der Waals surface area contributed by atoms with E-state index in [1.165, 1.54) is 121 Å². The number of hydrogen-bond donors (Lipinski definition) is 0. The van der Waals surface area contributed by atoms with Crippen molar-refractivity contribution in [2.24, 2.45) is 0 Å². The van der Waals surface area contributed by atoms with E-state index in [2.05, 4.69) is 196 Å². The molecule has 0 spiro atoms. The van der Waals surface area contributed by atoms with Crippen LogP contribution in [-0.2, 0) is 0 Å². The van der Waals surface area contributed by atoms with Crippen LogP contribution in [0.4, 0.5) is 0 Å². The predicted octanol–water partition coefficient (Wildman–Crippen LogP) is -0.219. The number of benzene rings is 9. The van der Waals surface area contributed by atoms with E-state index in [-0.39, 0.29) is 0 Å². The lowest BCUT2D eigenvalue weighted by Crippen LogP contribution is -2.50. The Bertz CT molecular complexity index is 3180. The van der Waals surface area contributed by atoms with Crippen LogP contribution in [0, 0.1) is 0 Å². The van der Waals surface area contributed by atoms with E-state index in [1.807, 2.05) is 0 Å². The number of furan rings is 1. The van der Waals surface area contributed by atoms with E-state index in [9.17, 15) is 0 Å². The number of fused-ring (bicyclic) bond motifs is 6. The molecule has 0 atom stereocenters. The van der Waals surface area contributed by atoms with Crippen LogP contribution >= 0.6 is 0 Å². The smallest absolute Gasteiger partial charge is 0.139 e. The third-order valence-electron chi connectivity index (χ3n) is 13.4. The van der Waals surface area contributed by atoms with Crippen molar-refractivity contribution in [3.63, 3.8) is 0 Å². The minimum atomic E-state index is 0.917. The summed E-state index contributed by atoms with van der Waals surface area (Å²) in [5.74, 6) is 0. The Kier molecular flexibility index (Phi) is 8.31. The molecule has 0 N–H and O–H groups in total. The van der Waals surface area contributed by atoms with Crippen LogP contribution in [0.25, 0.3) is 98.8 Å². The van der Waals surface area contributed by atoms with Gasteiger partial charge in [0.05, 0.1) is 0 Å². The summed E-state index contributed by atoms with van der Waals surface area (Å²) < 4.78 is 6.55. The minimum Gasteiger partial charge on any atom is -0.456 e. The summed E-state index contributed by atoms with van der Waals surface area (Å²) in [6.07, 6.45) is 0. The van der Waals surface area contributed by atoms with Crippen molar-refractivity contribution in [3.05, 3.63) is 133 Å². The molecule has 0 saturated carbocycles. The summed E-state index contributed by atoms with van der Waals surface area (Å²) in [4.78, 5) is 0. The first-order chi connectivity index (χ1) is 27.6. The lowest BCUT2D eigenvalue weighted by atomic mass is 9.59. The number of hydrogen-bond acceptors (Lipinski definition) is 1. The van der Waals surface area contributed by atoms with Gasteiger partial charge in [0.15, 0.2) is 0 Å². The van der Waals surface area contributed by atoms with Gasteiger partial charge < -0.3 is 4.42 Å². The molecule has 0 amide bonds. The van der Waals surface area contributed by atoms with Crippen LogP contribution in [0.15, 0.2) is 138 Å².